The largest absolute Gasteiger partial charge is 0.493 e. The fourth-order valence-corrected chi connectivity index (χ4v) is 2.40. The first kappa shape index (κ1) is 14.6. The highest BCUT2D eigenvalue weighted by molar-refractivity contribution is 5.92. The highest BCUT2D eigenvalue weighted by Crippen LogP contribution is 2.30. The van der Waals surface area contributed by atoms with Crippen LogP contribution in [0.15, 0.2) is 28.8 Å². The minimum absolute atomic E-state index is 0.103. The third-order valence-electron chi connectivity index (χ3n) is 3.77. The van der Waals surface area contributed by atoms with Gasteiger partial charge in [-0.05, 0) is 30.2 Å². The number of ether oxygens (including phenoxy) is 1. The molecule has 116 valence electrons. The van der Waals surface area contributed by atoms with Crippen LogP contribution in [0.3, 0.4) is 0 Å². The van der Waals surface area contributed by atoms with Crippen molar-refractivity contribution in [1.29, 1.82) is 0 Å². The SMILES string of the molecule is CCC(CO)NC(=O)c1cc(-c2ccc3c(c2)CCO3)no1. The quantitative estimate of drug-likeness (QED) is 0.879. The van der Waals surface area contributed by atoms with Gasteiger partial charge < -0.3 is 19.7 Å². The predicted molar refractivity (Wildman–Crippen MR) is 79.8 cm³/mol. The van der Waals surface area contributed by atoms with E-state index in [1.165, 1.54) is 0 Å². The summed E-state index contributed by atoms with van der Waals surface area (Å²) in [5, 5.41) is 15.8. The van der Waals surface area contributed by atoms with Crippen LogP contribution >= 0.6 is 0 Å². The summed E-state index contributed by atoms with van der Waals surface area (Å²) < 4.78 is 10.6. The molecule has 1 aliphatic heterocycles. The monoisotopic (exact) mass is 302 g/mol. The van der Waals surface area contributed by atoms with Gasteiger partial charge in [0.1, 0.15) is 11.4 Å². The van der Waals surface area contributed by atoms with Crippen LogP contribution in [-0.4, -0.2) is 35.4 Å². The molecule has 2 N–H and O–H groups in total. The molecule has 0 radical (unpaired) electrons. The molecule has 6 heteroatoms. The van der Waals surface area contributed by atoms with Crippen LogP contribution in [0.4, 0.5) is 0 Å². The molecule has 0 spiro atoms. The fraction of sp³-hybridized carbons (Fsp3) is 0.375. The van der Waals surface area contributed by atoms with Crippen molar-refractivity contribution in [3.63, 3.8) is 0 Å². The van der Waals surface area contributed by atoms with Crippen molar-refractivity contribution in [2.45, 2.75) is 25.8 Å². The molecule has 1 atom stereocenters. The van der Waals surface area contributed by atoms with E-state index in [0.29, 0.717) is 18.7 Å². The van der Waals surface area contributed by atoms with Crippen LogP contribution in [0.25, 0.3) is 11.3 Å². The number of hydrogen-bond acceptors (Lipinski definition) is 5. The van der Waals surface area contributed by atoms with E-state index in [9.17, 15) is 4.79 Å². The van der Waals surface area contributed by atoms with Crippen LogP contribution in [-0.2, 0) is 6.42 Å². The number of aromatic nitrogens is 1. The van der Waals surface area contributed by atoms with Crippen LogP contribution in [0.1, 0.15) is 29.5 Å². The minimum atomic E-state index is -0.371. The summed E-state index contributed by atoms with van der Waals surface area (Å²) in [6.07, 6.45) is 1.52. The molecule has 1 amide bonds. The summed E-state index contributed by atoms with van der Waals surface area (Å²) in [6, 6.07) is 7.14. The van der Waals surface area contributed by atoms with E-state index in [-0.39, 0.29) is 24.3 Å². The van der Waals surface area contributed by atoms with Crippen molar-refractivity contribution in [2.24, 2.45) is 0 Å². The zero-order chi connectivity index (χ0) is 15.5. The van der Waals surface area contributed by atoms with Gasteiger partial charge in [-0.25, -0.2) is 0 Å². The number of amides is 1. The number of aliphatic hydroxyl groups excluding tert-OH is 1. The van der Waals surface area contributed by atoms with Crippen molar-refractivity contribution in [3.05, 3.63) is 35.6 Å². The fourth-order valence-electron chi connectivity index (χ4n) is 2.40. The number of fused-ring (bicyclic) bond motifs is 1. The van der Waals surface area contributed by atoms with Gasteiger partial charge in [-0.2, -0.15) is 0 Å². The smallest absolute Gasteiger partial charge is 0.290 e. The van der Waals surface area contributed by atoms with Gasteiger partial charge in [0.25, 0.3) is 5.91 Å². The van der Waals surface area contributed by atoms with Gasteiger partial charge in [-0.1, -0.05) is 12.1 Å². The molecule has 6 nitrogen and oxygen atoms in total. The van der Waals surface area contributed by atoms with Crippen molar-refractivity contribution in [2.75, 3.05) is 13.2 Å². The van der Waals surface area contributed by atoms with Gasteiger partial charge >= 0.3 is 0 Å². The number of carbonyl (C=O) groups is 1. The maximum Gasteiger partial charge on any atom is 0.290 e. The zero-order valence-corrected chi connectivity index (χ0v) is 12.3. The Balaban J connectivity index is 1.77. The molecule has 0 saturated carbocycles. The number of nitrogens with one attached hydrogen (secondary N) is 1. The molecule has 1 aromatic carbocycles. The Hall–Kier alpha value is -2.34. The van der Waals surface area contributed by atoms with E-state index in [1.54, 1.807) is 6.07 Å². The Morgan fingerprint density at radius 3 is 3.09 bits per heavy atom. The van der Waals surface area contributed by atoms with Gasteiger partial charge in [0, 0.05) is 18.1 Å². The average molecular weight is 302 g/mol. The van der Waals surface area contributed by atoms with Crippen molar-refractivity contribution < 1.29 is 19.2 Å². The standard InChI is InChI=1S/C16H18N2O4/c1-2-12(9-19)17-16(20)15-8-13(18-22-15)10-3-4-14-11(7-10)5-6-21-14/h3-4,7-8,12,19H,2,5-6,9H2,1H3,(H,17,20). The number of carbonyl (C=O) groups excluding carboxylic acids is 1. The number of rotatable bonds is 5. The highest BCUT2D eigenvalue weighted by Gasteiger charge is 2.18. The predicted octanol–water partition coefficient (Wildman–Crippen LogP) is 1.78. The summed E-state index contributed by atoms with van der Waals surface area (Å²) in [7, 11) is 0. The second-order valence-corrected chi connectivity index (χ2v) is 5.26. The Bertz CT molecular complexity index is 677. The van der Waals surface area contributed by atoms with Gasteiger partial charge in [0.2, 0.25) is 5.76 Å². The van der Waals surface area contributed by atoms with E-state index >= 15 is 0 Å². The highest BCUT2D eigenvalue weighted by atomic mass is 16.5. The lowest BCUT2D eigenvalue weighted by Crippen LogP contribution is -2.36. The summed E-state index contributed by atoms with van der Waals surface area (Å²) in [4.78, 5) is 12.0. The maximum atomic E-state index is 12.0. The molecule has 0 aliphatic carbocycles. The molecule has 22 heavy (non-hydrogen) atoms. The van der Waals surface area contributed by atoms with Crippen LogP contribution in [0.2, 0.25) is 0 Å². The Labute approximate surface area is 128 Å². The molecule has 1 unspecified atom stereocenters. The summed E-state index contributed by atoms with van der Waals surface area (Å²) >= 11 is 0. The topological polar surface area (TPSA) is 84.6 Å². The maximum absolute atomic E-state index is 12.0. The number of aliphatic hydroxyl groups is 1. The number of benzene rings is 1. The molecule has 2 aromatic rings. The van der Waals surface area contributed by atoms with Crippen LogP contribution in [0.5, 0.6) is 5.75 Å². The lowest BCUT2D eigenvalue weighted by molar-refractivity contribution is 0.0878. The van der Waals surface area contributed by atoms with Gasteiger partial charge in [-0.3, -0.25) is 4.79 Å². The third-order valence-corrected chi connectivity index (χ3v) is 3.77. The molecular weight excluding hydrogens is 284 g/mol. The molecule has 2 heterocycles. The van der Waals surface area contributed by atoms with E-state index in [1.807, 2.05) is 25.1 Å². The Morgan fingerprint density at radius 2 is 2.32 bits per heavy atom. The lowest BCUT2D eigenvalue weighted by atomic mass is 10.1. The normalized spacial score (nSPS) is 14.3. The molecule has 0 saturated heterocycles. The van der Waals surface area contributed by atoms with E-state index in [4.69, 9.17) is 14.4 Å². The molecular formula is C16H18N2O4. The zero-order valence-electron chi connectivity index (χ0n) is 12.3. The van der Waals surface area contributed by atoms with Gasteiger partial charge in [0.15, 0.2) is 0 Å². The van der Waals surface area contributed by atoms with Crippen LogP contribution in [0, 0.1) is 0 Å². The first-order chi connectivity index (χ1) is 10.7. The van der Waals surface area contributed by atoms with Crippen molar-refractivity contribution in [3.8, 4) is 17.0 Å². The summed E-state index contributed by atoms with van der Waals surface area (Å²) in [6.45, 7) is 2.48. The average Bonchev–Trinajstić information content (AvgIpc) is 3.20. The lowest BCUT2D eigenvalue weighted by Gasteiger charge is -2.11. The first-order valence-corrected chi connectivity index (χ1v) is 7.35. The van der Waals surface area contributed by atoms with Gasteiger partial charge in [-0.15, -0.1) is 0 Å². The van der Waals surface area contributed by atoms with E-state index in [0.717, 1.165) is 23.3 Å². The molecule has 1 aromatic heterocycles. The first-order valence-electron chi connectivity index (χ1n) is 7.35. The third kappa shape index (κ3) is 2.82. The second-order valence-electron chi connectivity index (χ2n) is 5.26. The number of hydrogen-bond donors (Lipinski definition) is 2. The molecule has 1 aliphatic rings. The molecule has 3 rings (SSSR count). The molecule has 0 bridgehead atoms. The Morgan fingerprint density at radius 1 is 1.45 bits per heavy atom. The second kappa shape index (κ2) is 6.19. The van der Waals surface area contributed by atoms with Crippen molar-refractivity contribution in [1.82, 2.24) is 10.5 Å². The Kier molecular flexibility index (Phi) is 4.11. The summed E-state index contributed by atoms with van der Waals surface area (Å²) in [5.74, 6) is 0.668. The van der Waals surface area contributed by atoms with Crippen LogP contribution < -0.4 is 10.1 Å². The van der Waals surface area contributed by atoms with E-state index in [2.05, 4.69) is 10.5 Å². The minimum Gasteiger partial charge on any atom is -0.493 e. The van der Waals surface area contributed by atoms with E-state index < -0.39 is 0 Å². The van der Waals surface area contributed by atoms with Gasteiger partial charge in [0.05, 0.1) is 19.3 Å². The van der Waals surface area contributed by atoms with Crippen molar-refractivity contribution >= 4 is 5.91 Å². The number of nitrogens with zero attached hydrogens (tertiary/aromatic N) is 1. The summed E-state index contributed by atoms with van der Waals surface area (Å²) in [5.41, 5.74) is 2.64. The molecule has 0 fully saturated rings.